The van der Waals surface area contributed by atoms with E-state index in [9.17, 15) is 4.79 Å². The van der Waals surface area contributed by atoms with Gasteiger partial charge in [0.1, 0.15) is 6.61 Å². The maximum atomic E-state index is 11.1. The SMILES string of the molecule is Cc1ccc(COC(=O)CCN)c(C)c1. The standard InChI is InChI=1S/C12H17NO2/c1-9-3-4-11(10(2)7-9)8-15-12(14)5-6-13/h3-4,7H,5-6,8,13H2,1-2H3. The molecule has 15 heavy (non-hydrogen) atoms. The lowest BCUT2D eigenvalue weighted by atomic mass is 10.1. The topological polar surface area (TPSA) is 52.3 Å². The molecule has 0 amide bonds. The van der Waals surface area contributed by atoms with Gasteiger partial charge >= 0.3 is 5.97 Å². The number of carbonyl (C=O) groups is 1. The molecule has 3 nitrogen and oxygen atoms in total. The zero-order valence-corrected chi connectivity index (χ0v) is 9.25. The molecular formula is C12H17NO2. The van der Waals surface area contributed by atoms with Gasteiger partial charge in [-0.2, -0.15) is 0 Å². The number of aryl methyl sites for hydroxylation is 2. The van der Waals surface area contributed by atoms with E-state index in [-0.39, 0.29) is 12.4 Å². The smallest absolute Gasteiger partial charge is 0.307 e. The van der Waals surface area contributed by atoms with Gasteiger partial charge in [-0.25, -0.2) is 0 Å². The summed E-state index contributed by atoms with van der Waals surface area (Å²) in [7, 11) is 0. The van der Waals surface area contributed by atoms with E-state index in [4.69, 9.17) is 10.5 Å². The quantitative estimate of drug-likeness (QED) is 0.764. The molecule has 0 aliphatic carbocycles. The molecule has 1 aromatic carbocycles. The molecule has 0 spiro atoms. The molecule has 1 rings (SSSR count). The van der Waals surface area contributed by atoms with Crippen molar-refractivity contribution in [3.63, 3.8) is 0 Å². The van der Waals surface area contributed by atoms with Crippen LogP contribution in [0.4, 0.5) is 0 Å². The third-order valence-corrected chi connectivity index (χ3v) is 2.24. The Morgan fingerprint density at radius 3 is 2.73 bits per heavy atom. The fraction of sp³-hybridized carbons (Fsp3) is 0.417. The van der Waals surface area contributed by atoms with E-state index in [1.54, 1.807) is 0 Å². The first-order valence-corrected chi connectivity index (χ1v) is 5.05. The van der Waals surface area contributed by atoms with Crippen LogP contribution in [-0.2, 0) is 16.1 Å². The molecule has 0 bridgehead atoms. The Balaban J connectivity index is 2.54. The van der Waals surface area contributed by atoms with Crippen molar-refractivity contribution < 1.29 is 9.53 Å². The van der Waals surface area contributed by atoms with Crippen molar-refractivity contribution in [2.24, 2.45) is 5.73 Å². The van der Waals surface area contributed by atoms with Crippen molar-refractivity contribution in [2.45, 2.75) is 26.9 Å². The Bertz CT molecular complexity index is 347. The van der Waals surface area contributed by atoms with Gasteiger partial charge in [-0.05, 0) is 25.0 Å². The van der Waals surface area contributed by atoms with E-state index in [0.717, 1.165) is 11.1 Å². The van der Waals surface area contributed by atoms with Gasteiger partial charge in [0.25, 0.3) is 0 Å². The minimum atomic E-state index is -0.238. The summed E-state index contributed by atoms with van der Waals surface area (Å²) >= 11 is 0. The van der Waals surface area contributed by atoms with E-state index in [0.29, 0.717) is 13.2 Å². The number of esters is 1. The molecule has 0 fully saturated rings. The fourth-order valence-corrected chi connectivity index (χ4v) is 1.36. The van der Waals surface area contributed by atoms with Crippen LogP contribution in [0.3, 0.4) is 0 Å². The highest BCUT2D eigenvalue weighted by atomic mass is 16.5. The number of rotatable bonds is 4. The van der Waals surface area contributed by atoms with Crippen molar-refractivity contribution >= 4 is 5.97 Å². The zero-order valence-electron chi connectivity index (χ0n) is 9.25. The number of hydrogen-bond acceptors (Lipinski definition) is 3. The van der Waals surface area contributed by atoms with Crippen LogP contribution in [0.25, 0.3) is 0 Å². The molecule has 0 unspecified atom stereocenters. The van der Waals surface area contributed by atoms with Crippen LogP contribution in [0.5, 0.6) is 0 Å². The van der Waals surface area contributed by atoms with Crippen LogP contribution >= 0.6 is 0 Å². The van der Waals surface area contributed by atoms with E-state index in [1.807, 2.05) is 26.0 Å². The average molecular weight is 207 g/mol. The fourth-order valence-electron chi connectivity index (χ4n) is 1.36. The summed E-state index contributed by atoms with van der Waals surface area (Å²) in [5.41, 5.74) is 8.66. The number of nitrogens with two attached hydrogens (primary N) is 1. The van der Waals surface area contributed by atoms with Gasteiger partial charge in [0.15, 0.2) is 0 Å². The zero-order chi connectivity index (χ0) is 11.3. The minimum Gasteiger partial charge on any atom is -0.461 e. The third kappa shape index (κ3) is 3.72. The van der Waals surface area contributed by atoms with E-state index in [1.165, 1.54) is 5.56 Å². The molecule has 1 aromatic rings. The van der Waals surface area contributed by atoms with Crippen LogP contribution < -0.4 is 5.73 Å². The van der Waals surface area contributed by atoms with Crippen molar-refractivity contribution in [3.8, 4) is 0 Å². The molecule has 0 saturated carbocycles. The van der Waals surface area contributed by atoms with Gasteiger partial charge in [0.2, 0.25) is 0 Å². The minimum absolute atomic E-state index is 0.238. The largest absolute Gasteiger partial charge is 0.461 e. The molecule has 0 atom stereocenters. The molecular weight excluding hydrogens is 190 g/mol. The Hall–Kier alpha value is -1.35. The third-order valence-electron chi connectivity index (χ3n) is 2.24. The van der Waals surface area contributed by atoms with Gasteiger partial charge in [-0.15, -0.1) is 0 Å². The van der Waals surface area contributed by atoms with Gasteiger partial charge < -0.3 is 10.5 Å². The second-order valence-corrected chi connectivity index (χ2v) is 3.63. The highest BCUT2D eigenvalue weighted by Gasteiger charge is 2.03. The summed E-state index contributed by atoms with van der Waals surface area (Å²) in [5.74, 6) is -0.238. The molecule has 0 aromatic heterocycles. The monoisotopic (exact) mass is 207 g/mol. The van der Waals surface area contributed by atoms with Gasteiger partial charge in [0, 0.05) is 6.54 Å². The molecule has 0 aliphatic heterocycles. The van der Waals surface area contributed by atoms with E-state index in [2.05, 4.69) is 6.07 Å². The summed E-state index contributed by atoms with van der Waals surface area (Å²) in [6.45, 7) is 4.73. The van der Waals surface area contributed by atoms with Crippen LogP contribution in [0.2, 0.25) is 0 Å². The normalized spacial score (nSPS) is 10.1. The lowest BCUT2D eigenvalue weighted by Gasteiger charge is -2.07. The Morgan fingerprint density at radius 1 is 1.40 bits per heavy atom. The molecule has 2 N–H and O–H groups in total. The summed E-state index contributed by atoms with van der Waals surface area (Å²) in [6, 6.07) is 6.07. The lowest BCUT2D eigenvalue weighted by molar-refractivity contribution is -0.144. The van der Waals surface area contributed by atoms with Gasteiger partial charge in [-0.1, -0.05) is 23.8 Å². The molecule has 82 valence electrons. The van der Waals surface area contributed by atoms with E-state index >= 15 is 0 Å². The number of carbonyl (C=O) groups excluding carboxylic acids is 1. The summed E-state index contributed by atoms with van der Waals surface area (Å²) in [5, 5.41) is 0. The van der Waals surface area contributed by atoms with Gasteiger partial charge in [-0.3, -0.25) is 4.79 Å². The molecule has 0 saturated heterocycles. The average Bonchev–Trinajstić information content (AvgIpc) is 2.17. The lowest BCUT2D eigenvalue weighted by Crippen LogP contribution is -2.11. The Labute approximate surface area is 90.2 Å². The van der Waals surface area contributed by atoms with Crippen molar-refractivity contribution in [1.82, 2.24) is 0 Å². The van der Waals surface area contributed by atoms with Crippen molar-refractivity contribution in [3.05, 3.63) is 34.9 Å². The number of ether oxygens (including phenoxy) is 1. The molecule has 0 heterocycles. The Morgan fingerprint density at radius 2 is 2.13 bits per heavy atom. The first-order valence-electron chi connectivity index (χ1n) is 5.05. The second-order valence-electron chi connectivity index (χ2n) is 3.63. The number of hydrogen-bond donors (Lipinski definition) is 1. The summed E-state index contributed by atoms with van der Waals surface area (Å²) < 4.78 is 5.07. The second kappa shape index (κ2) is 5.51. The summed E-state index contributed by atoms with van der Waals surface area (Å²) in [4.78, 5) is 11.1. The van der Waals surface area contributed by atoms with Crippen LogP contribution in [-0.4, -0.2) is 12.5 Å². The van der Waals surface area contributed by atoms with Crippen LogP contribution in [0, 0.1) is 13.8 Å². The Kier molecular flexibility index (Phi) is 4.31. The van der Waals surface area contributed by atoms with Crippen molar-refractivity contribution in [2.75, 3.05) is 6.54 Å². The summed E-state index contributed by atoms with van der Waals surface area (Å²) in [6.07, 6.45) is 0.283. The molecule has 0 aliphatic rings. The predicted molar refractivity (Wildman–Crippen MR) is 59.4 cm³/mol. The predicted octanol–water partition coefficient (Wildman–Crippen LogP) is 1.70. The highest BCUT2D eigenvalue weighted by molar-refractivity contribution is 5.69. The van der Waals surface area contributed by atoms with Gasteiger partial charge in [0.05, 0.1) is 6.42 Å². The maximum Gasteiger partial charge on any atom is 0.307 e. The first-order chi connectivity index (χ1) is 7.13. The van der Waals surface area contributed by atoms with Crippen molar-refractivity contribution in [1.29, 1.82) is 0 Å². The maximum absolute atomic E-state index is 11.1. The first kappa shape index (κ1) is 11.7. The van der Waals surface area contributed by atoms with E-state index < -0.39 is 0 Å². The highest BCUT2D eigenvalue weighted by Crippen LogP contribution is 2.11. The molecule has 0 radical (unpaired) electrons. The number of benzene rings is 1. The molecule has 3 heteroatoms. The van der Waals surface area contributed by atoms with Crippen LogP contribution in [0.1, 0.15) is 23.1 Å². The van der Waals surface area contributed by atoms with Crippen LogP contribution in [0.15, 0.2) is 18.2 Å².